The molecule has 15 heteroatoms. The Morgan fingerprint density at radius 3 is 1.58 bits per heavy atom. The van der Waals surface area contributed by atoms with Gasteiger partial charge in [0.25, 0.3) is 0 Å². The zero-order chi connectivity index (χ0) is 21.2. The molecule has 0 aromatic heterocycles. The number of rotatable bonds is 5. The molecule has 156 valence electrons. The van der Waals surface area contributed by atoms with Gasteiger partial charge in [-0.05, 0) is 30.7 Å². The van der Waals surface area contributed by atoms with Crippen molar-refractivity contribution in [3.05, 3.63) is 0 Å². The second-order valence-electron chi connectivity index (χ2n) is 5.19. The molecule has 1 aliphatic rings. The summed E-state index contributed by atoms with van der Waals surface area (Å²) in [5.74, 6) is -10.9. The number of carbonyl (C=O) groups is 1. The Morgan fingerprint density at radius 1 is 0.923 bits per heavy atom. The number of hydrogen-bond acceptors (Lipinski definition) is 4. The molecule has 4 nitrogen and oxygen atoms in total. The zero-order valence-electron chi connectivity index (χ0n) is 12.9. The summed E-state index contributed by atoms with van der Waals surface area (Å²) in [6, 6.07) is 0. The van der Waals surface area contributed by atoms with E-state index in [0.717, 1.165) is 5.75 Å². The van der Waals surface area contributed by atoms with Gasteiger partial charge in [-0.1, -0.05) is 0 Å². The predicted molar refractivity (Wildman–Crippen MR) is 72.5 cm³/mol. The van der Waals surface area contributed by atoms with Gasteiger partial charge in [0.1, 0.15) is 11.5 Å². The van der Waals surface area contributed by atoms with Crippen LogP contribution in [-0.2, 0) is 25.8 Å². The van der Waals surface area contributed by atoms with Crippen LogP contribution >= 0.6 is 0 Å². The Morgan fingerprint density at radius 2 is 1.31 bits per heavy atom. The molecule has 0 aromatic rings. The molecule has 0 spiro atoms. The van der Waals surface area contributed by atoms with Crippen LogP contribution in [0, 0.1) is 0 Å². The highest BCUT2D eigenvalue weighted by Crippen LogP contribution is 2.54. The molecule has 1 rings (SSSR count). The molecule has 0 unspecified atom stereocenters. The third-order valence-electron chi connectivity index (χ3n) is 2.95. The van der Waals surface area contributed by atoms with Crippen LogP contribution in [0.25, 0.3) is 0 Å². The van der Waals surface area contributed by atoms with Gasteiger partial charge in [0.2, 0.25) is 0 Å². The van der Waals surface area contributed by atoms with E-state index in [2.05, 4.69) is 0 Å². The van der Waals surface area contributed by atoms with E-state index in [9.17, 15) is 57.3 Å². The van der Waals surface area contributed by atoms with Gasteiger partial charge < -0.3 is 4.55 Å². The van der Waals surface area contributed by atoms with Crippen LogP contribution < -0.4 is 0 Å². The molecule has 1 fully saturated rings. The fraction of sp³-hybridized carbons (Fsp3) is 0.909. The Bertz CT molecular complexity index is 595. The summed E-state index contributed by atoms with van der Waals surface area (Å²) in [4.78, 5) is 10.6. The Kier molecular flexibility index (Phi) is 7.90. The summed E-state index contributed by atoms with van der Waals surface area (Å²) >= 11 is 0. The second kappa shape index (κ2) is 8.12. The number of ketones is 1. The number of hydrogen-bond donors (Lipinski definition) is 0. The summed E-state index contributed by atoms with van der Waals surface area (Å²) in [5.41, 5.74) is 0. The average molecular weight is 444 g/mol. The van der Waals surface area contributed by atoms with Crippen molar-refractivity contribution in [3.63, 3.8) is 0 Å². The first-order valence-electron chi connectivity index (χ1n) is 6.58. The van der Waals surface area contributed by atoms with E-state index >= 15 is 0 Å². The third-order valence-corrected chi connectivity index (χ3v) is 6.38. The maximum Gasteiger partial charge on any atom is 0.460 e. The van der Waals surface area contributed by atoms with E-state index in [1.165, 1.54) is 24.3 Å². The summed E-state index contributed by atoms with van der Waals surface area (Å²) in [7, 11) is -6.92. The Balaban J connectivity index is 0.000000577. The van der Waals surface area contributed by atoms with Crippen molar-refractivity contribution < 1.29 is 57.3 Å². The van der Waals surface area contributed by atoms with E-state index in [1.54, 1.807) is 6.92 Å². The molecule has 0 bridgehead atoms. The molecule has 0 aromatic carbocycles. The first-order valence-corrected chi connectivity index (χ1v) is 9.72. The normalized spacial score (nSPS) is 17.7. The van der Waals surface area contributed by atoms with Crippen LogP contribution in [-0.4, -0.2) is 59.3 Å². The van der Waals surface area contributed by atoms with E-state index in [4.69, 9.17) is 0 Å². The number of alkyl halides is 9. The van der Waals surface area contributed by atoms with Crippen LogP contribution in [0.3, 0.4) is 0 Å². The van der Waals surface area contributed by atoms with Crippen molar-refractivity contribution >= 4 is 26.8 Å². The molecule has 1 aliphatic heterocycles. The van der Waals surface area contributed by atoms with E-state index < -0.39 is 33.4 Å². The smallest absolute Gasteiger partial charge is 0.460 e. The van der Waals surface area contributed by atoms with Crippen molar-refractivity contribution in [3.8, 4) is 0 Å². The molecular formula is C11H13F9O4S2. The lowest BCUT2D eigenvalue weighted by Crippen LogP contribution is -2.63. The first-order chi connectivity index (χ1) is 11.3. The molecular weight excluding hydrogens is 431 g/mol. The molecule has 0 N–H and O–H groups in total. The predicted octanol–water partition coefficient (Wildman–Crippen LogP) is 2.94. The first kappa shape index (κ1) is 25.3. The van der Waals surface area contributed by atoms with Crippen molar-refractivity contribution in [2.45, 2.75) is 43.0 Å². The topological polar surface area (TPSA) is 74.3 Å². The van der Waals surface area contributed by atoms with E-state index in [0.29, 0.717) is 16.7 Å². The summed E-state index contributed by atoms with van der Waals surface area (Å²) in [6.45, 7) is 1.70. The van der Waals surface area contributed by atoms with Gasteiger partial charge in [-0.15, -0.1) is 0 Å². The highest BCUT2D eigenvalue weighted by molar-refractivity contribution is 7.97. The molecule has 1 saturated heterocycles. The number of halogens is 9. The largest absolute Gasteiger partial charge is 0.743 e. The fourth-order valence-corrected chi connectivity index (χ4v) is 4.40. The van der Waals surface area contributed by atoms with Gasteiger partial charge in [-0.3, -0.25) is 4.79 Å². The number of carbonyl (C=O) groups excluding carboxylic acids is 1. The molecule has 0 aliphatic carbocycles. The molecule has 26 heavy (non-hydrogen) atoms. The van der Waals surface area contributed by atoms with Crippen LogP contribution in [0.4, 0.5) is 39.5 Å². The van der Waals surface area contributed by atoms with Gasteiger partial charge in [0, 0.05) is 0 Å². The van der Waals surface area contributed by atoms with E-state index in [1.807, 2.05) is 0 Å². The summed E-state index contributed by atoms with van der Waals surface area (Å²) in [5, 5.41) is -7.11. The average Bonchev–Trinajstić information content (AvgIpc) is 2.88. The van der Waals surface area contributed by atoms with Crippen molar-refractivity contribution in [2.24, 2.45) is 0 Å². The summed E-state index contributed by atoms with van der Waals surface area (Å²) < 4.78 is 135. The highest BCUT2D eigenvalue weighted by Gasteiger charge is 2.83. The van der Waals surface area contributed by atoms with Crippen LogP contribution in [0.1, 0.15) is 19.8 Å². The lowest BCUT2D eigenvalue weighted by molar-refractivity contribution is -0.382. The third kappa shape index (κ3) is 5.41. The van der Waals surface area contributed by atoms with Gasteiger partial charge in [-0.2, -0.15) is 39.5 Å². The minimum Gasteiger partial charge on any atom is -0.743 e. The minimum atomic E-state index is -7.43. The van der Waals surface area contributed by atoms with Gasteiger partial charge >= 0.3 is 23.3 Å². The lowest BCUT2D eigenvalue weighted by atomic mass is 10.1. The van der Waals surface area contributed by atoms with Gasteiger partial charge in [-0.25, -0.2) is 8.42 Å². The quantitative estimate of drug-likeness (QED) is 0.371. The van der Waals surface area contributed by atoms with E-state index in [-0.39, 0.29) is 0 Å². The highest BCUT2D eigenvalue weighted by atomic mass is 32.2. The van der Waals surface area contributed by atoms with Crippen molar-refractivity contribution in [1.29, 1.82) is 0 Å². The molecule has 0 amide bonds. The van der Waals surface area contributed by atoms with Crippen LogP contribution in [0.15, 0.2) is 0 Å². The van der Waals surface area contributed by atoms with Crippen molar-refractivity contribution in [1.82, 2.24) is 0 Å². The van der Waals surface area contributed by atoms with Crippen LogP contribution in [0.5, 0.6) is 0 Å². The molecule has 1 heterocycles. The molecule has 0 radical (unpaired) electrons. The van der Waals surface area contributed by atoms with Gasteiger partial charge in [0.05, 0.1) is 0 Å². The Labute approximate surface area is 145 Å². The minimum absolute atomic E-state index is 0.375. The maximum absolute atomic E-state index is 12.2. The second-order valence-corrected chi connectivity index (χ2v) is 8.94. The standard InChI is InChI=1S/C7H13OS.C4HF9O3S/c1-7(8)6-9-4-2-3-5-9;5-1(6,3(9,10)11)2(7,8)4(12,13)17(14,15)16/h2-6H2,1H3;(H,14,15,16)/q+1;/p-1. The molecule has 0 saturated carbocycles. The maximum atomic E-state index is 12.2. The lowest BCUT2D eigenvalue weighted by Gasteiger charge is -2.34. The fourth-order valence-electron chi connectivity index (χ4n) is 1.66. The monoisotopic (exact) mass is 444 g/mol. The number of Topliss-reactive ketones (excluding diaryl/α,β-unsaturated/α-hetero) is 1. The summed E-state index contributed by atoms with van der Waals surface area (Å²) in [6.07, 6.45) is -4.45. The zero-order valence-corrected chi connectivity index (χ0v) is 14.5. The molecule has 0 atom stereocenters. The SMILES string of the molecule is CC(=O)C[S+]1CCCC1.O=S(=O)([O-])C(F)(F)C(F)(F)C(F)(F)C(F)(F)F. The van der Waals surface area contributed by atoms with Crippen LogP contribution in [0.2, 0.25) is 0 Å². The Hall–Kier alpha value is -0.700. The van der Waals surface area contributed by atoms with Crippen molar-refractivity contribution in [2.75, 3.05) is 17.3 Å². The van der Waals surface area contributed by atoms with Gasteiger partial charge in [0.15, 0.2) is 21.7 Å².